The Kier molecular flexibility index (Phi) is 2.93. The average Bonchev–Trinajstić information content (AvgIpc) is 2.95. The molecule has 0 amide bonds. The number of rotatable bonds is 3. The minimum absolute atomic E-state index is 0.110. The summed E-state index contributed by atoms with van der Waals surface area (Å²) in [6.45, 7) is 0. The Morgan fingerprint density at radius 1 is 0.864 bits per heavy atom. The number of hydrogen-bond acceptors (Lipinski definition) is 3. The van der Waals surface area contributed by atoms with Crippen molar-refractivity contribution in [3.05, 3.63) is 65.7 Å². The van der Waals surface area contributed by atoms with Crippen molar-refractivity contribution in [2.75, 3.05) is 14.2 Å². The van der Waals surface area contributed by atoms with Gasteiger partial charge in [0.15, 0.2) is 11.5 Å². The predicted octanol–water partition coefficient (Wildman–Crippen LogP) is 4.34. The summed E-state index contributed by atoms with van der Waals surface area (Å²) in [5.74, 6) is 2.37. The summed E-state index contributed by atoms with van der Waals surface area (Å²) in [5, 5.41) is 2.41. The van der Waals surface area contributed by atoms with E-state index in [0.29, 0.717) is 5.75 Å². The molecule has 0 fully saturated rings. The lowest BCUT2D eigenvalue weighted by molar-refractivity contribution is 0.265. The van der Waals surface area contributed by atoms with Gasteiger partial charge in [0, 0.05) is 16.5 Å². The van der Waals surface area contributed by atoms with Crippen LogP contribution in [0.2, 0.25) is 0 Å². The van der Waals surface area contributed by atoms with Gasteiger partial charge < -0.3 is 14.2 Å². The zero-order valence-electron chi connectivity index (χ0n) is 12.5. The Hall–Kier alpha value is -2.68. The van der Waals surface area contributed by atoms with Crippen LogP contribution < -0.4 is 14.2 Å². The predicted molar refractivity (Wildman–Crippen MR) is 86.0 cm³/mol. The molecule has 0 radical (unpaired) electrons. The van der Waals surface area contributed by atoms with Gasteiger partial charge in [-0.05, 0) is 23.6 Å². The molecule has 0 saturated carbocycles. The van der Waals surface area contributed by atoms with Crippen LogP contribution >= 0.6 is 0 Å². The fraction of sp³-hybridized carbons (Fsp3) is 0.158. The molecule has 1 aliphatic rings. The summed E-state index contributed by atoms with van der Waals surface area (Å²) in [5.41, 5.74) is 2.25. The fourth-order valence-electron chi connectivity index (χ4n) is 3.11. The van der Waals surface area contributed by atoms with E-state index < -0.39 is 0 Å². The van der Waals surface area contributed by atoms with Crippen molar-refractivity contribution in [1.82, 2.24) is 0 Å². The van der Waals surface area contributed by atoms with E-state index >= 15 is 0 Å². The highest BCUT2D eigenvalue weighted by Gasteiger charge is 2.27. The standard InChI is InChI=1S/C19H16O3/c1-20-15-10-9-13(11-17(15)21-2)19-14-7-3-5-12-6-4-8-16(22-19)18(12)14/h3-11,19H,1-2H3. The van der Waals surface area contributed by atoms with E-state index in [9.17, 15) is 0 Å². The first-order valence-electron chi connectivity index (χ1n) is 7.22. The maximum Gasteiger partial charge on any atom is 0.161 e. The highest BCUT2D eigenvalue weighted by Crippen LogP contribution is 2.45. The van der Waals surface area contributed by atoms with Gasteiger partial charge >= 0.3 is 0 Å². The topological polar surface area (TPSA) is 27.7 Å². The molecule has 1 atom stereocenters. The van der Waals surface area contributed by atoms with Gasteiger partial charge in [0.25, 0.3) is 0 Å². The number of methoxy groups -OCH3 is 2. The van der Waals surface area contributed by atoms with Crippen LogP contribution in [0.15, 0.2) is 54.6 Å². The molecule has 4 rings (SSSR count). The second-order valence-corrected chi connectivity index (χ2v) is 5.31. The first-order valence-corrected chi connectivity index (χ1v) is 7.22. The molecule has 0 aliphatic carbocycles. The van der Waals surface area contributed by atoms with Gasteiger partial charge in [-0.3, -0.25) is 0 Å². The maximum absolute atomic E-state index is 6.19. The van der Waals surface area contributed by atoms with E-state index in [0.717, 1.165) is 17.1 Å². The number of ether oxygens (including phenoxy) is 3. The zero-order valence-corrected chi connectivity index (χ0v) is 12.5. The van der Waals surface area contributed by atoms with E-state index in [4.69, 9.17) is 14.2 Å². The molecule has 3 heteroatoms. The van der Waals surface area contributed by atoms with Crippen molar-refractivity contribution < 1.29 is 14.2 Å². The summed E-state index contributed by atoms with van der Waals surface area (Å²) >= 11 is 0. The van der Waals surface area contributed by atoms with Crippen molar-refractivity contribution in [3.8, 4) is 17.2 Å². The first-order chi connectivity index (χ1) is 10.8. The van der Waals surface area contributed by atoms with Crippen LogP contribution in [-0.4, -0.2) is 14.2 Å². The van der Waals surface area contributed by atoms with Crippen LogP contribution in [-0.2, 0) is 0 Å². The van der Waals surface area contributed by atoms with Gasteiger partial charge in [0.2, 0.25) is 0 Å². The molecule has 1 aliphatic heterocycles. The summed E-state index contributed by atoms with van der Waals surface area (Å²) < 4.78 is 16.9. The molecule has 0 saturated heterocycles. The molecule has 0 aromatic heterocycles. The van der Waals surface area contributed by atoms with Crippen molar-refractivity contribution in [1.29, 1.82) is 0 Å². The van der Waals surface area contributed by atoms with E-state index in [1.54, 1.807) is 14.2 Å². The summed E-state index contributed by atoms with van der Waals surface area (Å²) in [6, 6.07) is 18.4. The number of benzene rings is 3. The Morgan fingerprint density at radius 2 is 1.64 bits per heavy atom. The molecule has 3 nitrogen and oxygen atoms in total. The summed E-state index contributed by atoms with van der Waals surface area (Å²) in [6.07, 6.45) is -0.110. The van der Waals surface area contributed by atoms with Crippen LogP contribution in [0.1, 0.15) is 17.2 Å². The molecule has 0 bridgehead atoms. The van der Waals surface area contributed by atoms with Gasteiger partial charge in [-0.25, -0.2) is 0 Å². The lowest BCUT2D eigenvalue weighted by Crippen LogP contribution is -2.04. The smallest absolute Gasteiger partial charge is 0.161 e. The minimum Gasteiger partial charge on any atom is -0.493 e. The third kappa shape index (κ3) is 1.82. The lowest BCUT2D eigenvalue weighted by atomic mass is 9.97. The molecular weight excluding hydrogens is 276 g/mol. The normalized spacial score (nSPS) is 15.6. The summed E-state index contributed by atoms with van der Waals surface area (Å²) in [4.78, 5) is 0. The fourth-order valence-corrected chi connectivity index (χ4v) is 3.11. The third-order valence-corrected chi connectivity index (χ3v) is 4.14. The van der Waals surface area contributed by atoms with E-state index in [-0.39, 0.29) is 6.10 Å². The molecule has 22 heavy (non-hydrogen) atoms. The second-order valence-electron chi connectivity index (χ2n) is 5.31. The molecule has 110 valence electrons. The molecule has 3 aromatic carbocycles. The van der Waals surface area contributed by atoms with E-state index in [1.807, 2.05) is 30.3 Å². The Morgan fingerprint density at radius 3 is 2.41 bits per heavy atom. The highest BCUT2D eigenvalue weighted by atomic mass is 16.5. The van der Waals surface area contributed by atoms with Gasteiger partial charge in [0.1, 0.15) is 11.9 Å². The SMILES string of the molecule is COc1ccc(C2Oc3cccc4cccc2c34)cc1OC. The van der Waals surface area contributed by atoms with Gasteiger partial charge in [-0.1, -0.05) is 36.4 Å². The third-order valence-electron chi connectivity index (χ3n) is 4.14. The van der Waals surface area contributed by atoms with Crippen LogP contribution in [0, 0.1) is 0 Å². The minimum atomic E-state index is -0.110. The van der Waals surface area contributed by atoms with Gasteiger partial charge in [-0.15, -0.1) is 0 Å². The Balaban J connectivity index is 1.85. The number of hydrogen-bond donors (Lipinski definition) is 0. The molecule has 0 spiro atoms. The maximum atomic E-state index is 6.19. The van der Waals surface area contributed by atoms with Gasteiger partial charge in [0.05, 0.1) is 14.2 Å². The van der Waals surface area contributed by atoms with Crippen molar-refractivity contribution in [2.24, 2.45) is 0 Å². The monoisotopic (exact) mass is 292 g/mol. The van der Waals surface area contributed by atoms with Crippen molar-refractivity contribution in [2.45, 2.75) is 6.10 Å². The molecular formula is C19H16O3. The van der Waals surface area contributed by atoms with Crippen molar-refractivity contribution in [3.63, 3.8) is 0 Å². The first kappa shape index (κ1) is 13.0. The van der Waals surface area contributed by atoms with Crippen LogP contribution in [0.3, 0.4) is 0 Å². The highest BCUT2D eigenvalue weighted by molar-refractivity contribution is 5.93. The summed E-state index contributed by atoms with van der Waals surface area (Å²) in [7, 11) is 3.28. The molecule has 0 N–H and O–H groups in total. The molecule has 1 unspecified atom stereocenters. The largest absolute Gasteiger partial charge is 0.493 e. The Labute approximate surface area is 129 Å². The van der Waals surface area contributed by atoms with Crippen LogP contribution in [0.5, 0.6) is 17.2 Å². The van der Waals surface area contributed by atoms with Crippen molar-refractivity contribution >= 4 is 10.8 Å². The van der Waals surface area contributed by atoms with Crippen LogP contribution in [0.25, 0.3) is 10.8 Å². The van der Waals surface area contributed by atoms with Crippen LogP contribution in [0.4, 0.5) is 0 Å². The van der Waals surface area contributed by atoms with E-state index in [2.05, 4.69) is 24.3 Å². The second kappa shape index (κ2) is 4.95. The average molecular weight is 292 g/mol. The van der Waals surface area contributed by atoms with E-state index in [1.165, 1.54) is 16.3 Å². The van der Waals surface area contributed by atoms with Gasteiger partial charge in [-0.2, -0.15) is 0 Å². The zero-order chi connectivity index (χ0) is 15.1. The molecule has 3 aromatic rings. The quantitative estimate of drug-likeness (QED) is 0.718. The molecule has 1 heterocycles. The lowest BCUT2D eigenvalue weighted by Gasteiger charge is -2.15. The Bertz CT molecular complexity index is 849.